The van der Waals surface area contributed by atoms with Gasteiger partial charge in [-0.2, -0.15) is 0 Å². The number of amides is 1. The lowest BCUT2D eigenvalue weighted by atomic mass is 10.2. The molecule has 6 nitrogen and oxygen atoms in total. The van der Waals surface area contributed by atoms with Gasteiger partial charge in [-0.3, -0.25) is 9.78 Å². The van der Waals surface area contributed by atoms with E-state index in [9.17, 15) is 26.7 Å². The second kappa shape index (κ2) is 9.69. The summed E-state index contributed by atoms with van der Waals surface area (Å²) >= 11 is 0. The van der Waals surface area contributed by atoms with Crippen LogP contribution in [0, 0.1) is 17.5 Å². The smallest absolute Gasteiger partial charge is 0.272 e. The van der Waals surface area contributed by atoms with Gasteiger partial charge in [0.25, 0.3) is 12.3 Å². The lowest BCUT2D eigenvalue weighted by Crippen LogP contribution is -2.14. The highest BCUT2D eigenvalue weighted by atomic mass is 19.3. The molecule has 0 radical (unpaired) electrons. The van der Waals surface area contributed by atoms with Crippen LogP contribution < -0.4 is 14.8 Å². The molecule has 0 saturated carbocycles. The first kappa shape index (κ1) is 22.9. The van der Waals surface area contributed by atoms with E-state index in [1.807, 2.05) is 0 Å². The van der Waals surface area contributed by atoms with Crippen molar-refractivity contribution in [3.8, 4) is 17.2 Å². The van der Waals surface area contributed by atoms with Crippen LogP contribution in [0.4, 0.5) is 27.6 Å². The Morgan fingerprint density at radius 2 is 1.71 bits per heavy atom. The van der Waals surface area contributed by atoms with Crippen LogP contribution in [0.2, 0.25) is 0 Å². The van der Waals surface area contributed by atoms with Crippen molar-refractivity contribution in [1.29, 1.82) is 0 Å². The van der Waals surface area contributed by atoms with Crippen molar-refractivity contribution in [2.24, 2.45) is 0 Å². The predicted molar refractivity (Wildman–Crippen MR) is 112 cm³/mol. The highest BCUT2D eigenvalue weighted by Gasteiger charge is 2.18. The molecule has 1 N–H and O–H groups in total. The Labute approximate surface area is 189 Å². The molecule has 4 aromatic rings. The zero-order chi connectivity index (χ0) is 24.2. The van der Waals surface area contributed by atoms with E-state index in [1.54, 1.807) is 0 Å². The number of pyridine rings is 2. The molecule has 0 unspecified atom stereocenters. The van der Waals surface area contributed by atoms with E-state index in [4.69, 9.17) is 9.47 Å². The molecule has 0 bridgehead atoms. The summed E-state index contributed by atoms with van der Waals surface area (Å²) in [5, 5.41) is 2.22. The van der Waals surface area contributed by atoms with E-state index >= 15 is 0 Å². The van der Waals surface area contributed by atoms with E-state index in [1.165, 1.54) is 36.5 Å². The first-order chi connectivity index (χ1) is 16.3. The second-order valence-electron chi connectivity index (χ2n) is 6.85. The van der Waals surface area contributed by atoms with Gasteiger partial charge in [-0.15, -0.1) is 0 Å². The molecule has 174 valence electrons. The van der Waals surface area contributed by atoms with Gasteiger partial charge in [0.15, 0.2) is 23.1 Å². The minimum atomic E-state index is -2.68. The highest BCUT2D eigenvalue weighted by Crippen LogP contribution is 2.33. The molecule has 1 amide bonds. The number of halogens is 5. The van der Waals surface area contributed by atoms with Gasteiger partial charge in [-0.25, -0.2) is 26.9 Å². The zero-order valence-electron chi connectivity index (χ0n) is 17.1. The number of nitrogens with one attached hydrogen (secondary N) is 1. The second-order valence-corrected chi connectivity index (χ2v) is 6.85. The average Bonchev–Trinajstić information content (AvgIpc) is 2.80. The van der Waals surface area contributed by atoms with Gasteiger partial charge in [-0.1, -0.05) is 12.1 Å². The Hall–Kier alpha value is -4.28. The van der Waals surface area contributed by atoms with E-state index < -0.39 is 42.1 Å². The fourth-order valence-corrected chi connectivity index (χ4v) is 2.99. The number of hydrogen-bond donors (Lipinski definition) is 1. The molecule has 11 heteroatoms. The van der Waals surface area contributed by atoms with Crippen molar-refractivity contribution in [3.05, 3.63) is 83.9 Å². The number of rotatable bonds is 7. The number of carbonyl (C=O) groups is 1. The summed E-state index contributed by atoms with van der Waals surface area (Å²) in [6, 6.07) is 9.39. The van der Waals surface area contributed by atoms with E-state index in [0.29, 0.717) is 0 Å². The largest absolute Gasteiger partial charge is 0.486 e. The molecule has 0 aliphatic rings. The molecule has 0 saturated heterocycles. The van der Waals surface area contributed by atoms with Crippen LogP contribution in [0.5, 0.6) is 17.2 Å². The number of ether oxygens (including phenoxy) is 2. The van der Waals surface area contributed by atoms with Crippen molar-refractivity contribution >= 4 is 22.6 Å². The highest BCUT2D eigenvalue weighted by molar-refractivity contribution is 6.04. The standard InChI is InChI=1S/C23H14F5N3O3/c24-15-4-2-1-3-14(15)23(32)31-12-7-16(25)22(17(26)8-12)34-19-5-6-29-18-9-13(10-30-21(18)19)33-11-20(27)28/h1-10,20H,11H2,(H,31,32). The van der Waals surface area contributed by atoms with Crippen LogP contribution in [0.15, 0.2) is 60.9 Å². The van der Waals surface area contributed by atoms with Crippen LogP contribution in [-0.4, -0.2) is 28.9 Å². The van der Waals surface area contributed by atoms with Gasteiger partial charge in [0.2, 0.25) is 0 Å². The van der Waals surface area contributed by atoms with Crippen LogP contribution in [0.1, 0.15) is 10.4 Å². The molecule has 34 heavy (non-hydrogen) atoms. The topological polar surface area (TPSA) is 73.3 Å². The molecule has 2 aromatic heterocycles. The monoisotopic (exact) mass is 475 g/mol. The van der Waals surface area contributed by atoms with Crippen molar-refractivity contribution in [1.82, 2.24) is 9.97 Å². The number of alkyl halides is 2. The minimum absolute atomic E-state index is 0.0322. The SMILES string of the molecule is O=C(Nc1cc(F)c(Oc2ccnc3cc(OCC(F)F)cnc23)c(F)c1)c1ccccc1F. The first-order valence-electron chi connectivity index (χ1n) is 9.70. The Kier molecular flexibility index (Phi) is 6.53. The predicted octanol–water partition coefficient (Wildman–Crippen LogP) is 5.74. The molecule has 0 aliphatic carbocycles. The van der Waals surface area contributed by atoms with Crippen molar-refractivity contribution in [2.75, 3.05) is 11.9 Å². The van der Waals surface area contributed by atoms with Gasteiger partial charge in [-0.05, 0) is 12.1 Å². The van der Waals surface area contributed by atoms with Crippen LogP contribution in [0.3, 0.4) is 0 Å². The Balaban J connectivity index is 1.57. The molecular formula is C23H14F5N3O3. The van der Waals surface area contributed by atoms with Gasteiger partial charge < -0.3 is 14.8 Å². The maximum atomic E-state index is 14.7. The summed E-state index contributed by atoms with van der Waals surface area (Å²) in [6.07, 6.45) is -0.258. The molecule has 2 aromatic carbocycles. The lowest BCUT2D eigenvalue weighted by molar-refractivity contribution is 0.0818. The summed E-state index contributed by atoms with van der Waals surface area (Å²) in [6.45, 7) is -0.834. The summed E-state index contributed by atoms with van der Waals surface area (Å²) in [4.78, 5) is 20.2. The summed E-state index contributed by atoms with van der Waals surface area (Å²) in [5.41, 5.74) is -0.273. The van der Waals surface area contributed by atoms with Gasteiger partial charge in [0.05, 0.1) is 17.3 Å². The fraction of sp³-hybridized carbons (Fsp3) is 0.0870. The molecule has 0 spiro atoms. The van der Waals surface area contributed by atoms with E-state index in [-0.39, 0.29) is 33.8 Å². The first-order valence-corrected chi connectivity index (χ1v) is 9.70. The number of benzene rings is 2. The summed E-state index contributed by atoms with van der Waals surface area (Å²) in [7, 11) is 0. The molecule has 2 heterocycles. The lowest BCUT2D eigenvalue weighted by Gasteiger charge is -2.12. The van der Waals surface area contributed by atoms with Crippen LogP contribution in [0.25, 0.3) is 11.0 Å². The third kappa shape index (κ3) is 5.03. The molecule has 0 atom stereocenters. The number of nitrogens with zero attached hydrogens (tertiary/aromatic N) is 2. The minimum Gasteiger partial charge on any atom is -0.486 e. The van der Waals surface area contributed by atoms with Crippen molar-refractivity contribution in [3.63, 3.8) is 0 Å². The zero-order valence-corrected chi connectivity index (χ0v) is 17.1. The van der Waals surface area contributed by atoms with Crippen molar-refractivity contribution in [2.45, 2.75) is 6.43 Å². The van der Waals surface area contributed by atoms with E-state index in [2.05, 4.69) is 15.3 Å². The number of fused-ring (bicyclic) bond motifs is 1. The molecule has 4 rings (SSSR count). The Morgan fingerprint density at radius 3 is 2.41 bits per heavy atom. The number of hydrogen-bond acceptors (Lipinski definition) is 5. The Bertz CT molecular complexity index is 1340. The van der Waals surface area contributed by atoms with Crippen LogP contribution >= 0.6 is 0 Å². The third-order valence-corrected chi connectivity index (χ3v) is 4.48. The number of aromatic nitrogens is 2. The van der Waals surface area contributed by atoms with Gasteiger partial charge in [0, 0.05) is 36.1 Å². The van der Waals surface area contributed by atoms with Crippen LogP contribution in [-0.2, 0) is 0 Å². The molecule has 0 aliphatic heterocycles. The maximum Gasteiger partial charge on any atom is 0.272 e. The quantitative estimate of drug-likeness (QED) is 0.346. The molecular weight excluding hydrogens is 461 g/mol. The van der Waals surface area contributed by atoms with E-state index in [0.717, 1.165) is 24.4 Å². The van der Waals surface area contributed by atoms with Gasteiger partial charge in [0.1, 0.15) is 23.7 Å². The number of anilines is 1. The average molecular weight is 475 g/mol. The molecule has 0 fully saturated rings. The maximum absolute atomic E-state index is 14.7. The summed E-state index contributed by atoms with van der Waals surface area (Å²) in [5.74, 6) is -4.79. The van der Waals surface area contributed by atoms with Gasteiger partial charge >= 0.3 is 0 Å². The Morgan fingerprint density at radius 1 is 0.971 bits per heavy atom. The fourth-order valence-electron chi connectivity index (χ4n) is 2.99. The normalized spacial score (nSPS) is 11.0. The third-order valence-electron chi connectivity index (χ3n) is 4.48. The van der Waals surface area contributed by atoms with Crippen molar-refractivity contribution < 1.29 is 36.2 Å². The summed E-state index contributed by atoms with van der Waals surface area (Å²) < 4.78 is 78.0. The number of carbonyl (C=O) groups excluding carboxylic acids is 1.